The molecule has 0 fully saturated rings. The van der Waals surface area contributed by atoms with Gasteiger partial charge >= 0.3 is 5.97 Å². The summed E-state index contributed by atoms with van der Waals surface area (Å²) in [5.41, 5.74) is 0. The molecule has 120 valence electrons. The van der Waals surface area contributed by atoms with Crippen LogP contribution in [-0.2, 0) is 16.1 Å². The Hall–Kier alpha value is -0.900. The van der Waals surface area contributed by atoms with E-state index in [9.17, 15) is 4.79 Å². The minimum absolute atomic E-state index is 0. The topological polar surface area (TPSA) is 75.6 Å². The summed E-state index contributed by atoms with van der Waals surface area (Å²) in [4.78, 5) is 20.9. The molecule has 21 heavy (non-hydrogen) atoms. The number of carbonyl (C=O) groups is 1. The monoisotopic (exact) mass is 426 g/mol. The number of rotatable bonds is 6. The Morgan fingerprint density at radius 3 is 2.71 bits per heavy atom. The van der Waals surface area contributed by atoms with Gasteiger partial charge in [0, 0.05) is 24.7 Å². The van der Waals surface area contributed by atoms with Gasteiger partial charge in [-0.2, -0.15) is 0 Å². The maximum absolute atomic E-state index is 11.4. The van der Waals surface area contributed by atoms with E-state index in [4.69, 9.17) is 4.74 Å². The number of nitrogens with one attached hydrogen (secondary N) is 2. The van der Waals surface area contributed by atoms with Crippen molar-refractivity contribution >= 4 is 47.2 Å². The molecule has 0 bridgehead atoms. The van der Waals surface area contributed by atoms with Crippen molar-refractivity contribution < 1.29 is 9.53 Å². The van der Waals surface area contributed by atoms with E-state index in [1.807, 2.05) is 27.0 Å². The number of nitrogens with zero attached hydrogens (tertiary/aromatic N) is 2. The third-order valence-electron chi connectivity index (χ3n) is 2.29. The van der Waals surface area contributed by atoms with Gasteiger partial charge in [-0.1, -0.05) is 0 Å². The zero-order valence-electron chi connectivity index (χ0n) is 12.8. The quantitative estimate of drug-likeness (QED) is 0.315. The molecule has 1 rings (SSSR count). The Balaban J connectivity index is 0.00000400. The van der Waals surface area contributed by atoms with Crippen LogP contribution in [0, 0.1) is 6.92 Å². The minimum Gasteiger partial charge on any atom is -0.463 e. The van der Waals surface area contributed by atoms with Crippen molar-refractivity contribution in [3.8, 4) is 0 Å². The lowest BCUT2D eigenvalue weighted by Crippen LogP contribution is -2.38. The van der Waals surface area contributed by atoms with Crippen LogP contribution in [0.2, 0.25) is 0 Å². The van der Waals surface area contributed by atoms with Gasteiger partial charge in [0.2, 0.25) is 0 Å². The van der Waals surface area contributed by atoms with Crippen LogP contribution in [0.15, 0.2) is 11.2 Å². The van der Waals surface area contributed by atoms with Crippen molar-refractivity contribution in [3.63, 3.8) is 0 Å². The smallest absolute Gasteiger partial charge is 0.307 e. The van der Waals surface area contributed by atoms with E-state index in [-0.39, 0.29) is 36.0 Å². The number of hydrogen-bond donors (Lipinski definition) is 2. The molecule has 0 aliphatic carbocycles. The number of halogens is 1. The molecule has 0 aromatic carbocycles. The fourth-order valence-corrected chi connectivity index (χ4v) is 2.19. The van der Waals surface area contributed by atoms with Crippen LogP contribution in [-0.4, -0.2) is 36.6 Å². The molecule has 0 aliphatic rings. The highest BCUT2D eigenvalue weighted by atomic mass is 127. The summed E-state index contributed by atoms with van der Waals surface area (Å²) < 4.78 is 5.05. The van der Waals surface area contributed by atoms with Crippen molar-refractivity contribution in [2.24, 2.45) is 4.99 Å². The van der Waals surface area contributed by atoms with Crippen molar-refractivity contribution in [1.82, 2.24) is 15.6 Å². The molecule has 8 heteroatoms. The molecule has 0 radical (unpaired) electrons. The van der Waals surface area contributed by atoms with Gasteiger partial charge in [0.15, 0.2) is 5.96 Å². The summed E-state index contributed by atoms with van der Waals surface area (Å²) >= 11 is 1.65. The molecule has 0 amide bonds. The van der Waals surface area contributed by atoms with Crippen LogP contribution in [0.25, 0.3) is 0 Å². The van der Waals surface area contributed by atoms with Crippen molar-refractivity contribution in [2.45, 2.75) is 39.8 Å². The normalized spacial score (nSPS) is 11.0. The van der Waals surface area contributed by atoms with E-state index in [0.29, 0.717) is 25.5 Å². The summed E-state index contributed by atoms with van der Waals surface area (Å²) in [6, 6.07) is 0. The standard InChI is InChI=1S/C13H22N4O2S.HI/c1-9(2)19-12(18)5-6-15-13(14-4)17-8-11-16-7-10(3)20-11;/h7,9H,5-6,8H2,1-4H3,(H2,14,15,17);1H. The van der Waals surface area contributed by atoms with Gasteiger partial charge in [0.05, 0.1) is 19.1 Å². The maximum atomic E-state index is 11.4. The predicted octanol–water partition coefficient (Wildman–Crippen LogP) is 2.08. The number of ether oxygens (including phenoxy) is 1. The summed E-state index contributed by atoms with van der Waals surface area (Å²) in [5, 5.41) is 7.22. The van der Waals surface area contributed by atoms with Crippen LogP contribution in [0.3, 0.4) is 0 Å². The maximum Gasteiger partial charge on any atom is 0.307 e. The van der Waals surface area contributed by atoms with Crippen molar-refractivity contribution in [2.75, 3.05) is 13.6 Å². The van der Waals surface area contributed by atoms with Gasteiger partial charge < -0.3 is 15.4 Å². The molecule has 1 aromatic rings. The molecule has 0 aliphatic heterocycles. The average molecular weight is 426 g/mol. The fourth-order valence-electron chi connectivity index (χ4n) is 1.47. The first kappa shape index (κ1) is 20.1. The van der Waals surface area contributed by atoms with Crippen LogP contribution >= 0.6 is 35.3 Å². The number of hydrogen-bond acceptors (Lipinski definition) is 5. The number of thiazole rings is 1. The predicted molar refractivity (Wildman–Crippen MR) is 96.3 cm³/mol. The summed E-state index contributed by atoms with van der Waals surface area (Å²) in [5.74, 6) is 0.439. The molecular formula is C13H23IN4O2S. The van der Waals surface area contributed by atoms with Crippen LogP contribution in [0.1, 0.15) is 30.2 Å². The second-order valence-corrected chi connectivity index (χ2v) is 5.83. The lowest BCUT2D eigenvalue weighted by Gasteiger charge is -2.11. The van der Waals surface area contributed by atoms with Gasteiger partial charge in [-0.15, -0.1) is 35.3 Å². The Morgan fingerprint density at radius 2 is 2.19 bits per heavy atom. The van der Waals surface area contributed by atoms with Gasteiger partial charge in [-0.3, -0.25) is 9.79 Å². The minimum atomic E-state index is -0.210. The van der Waals surface area contributed by atoms with Crippen molar-refractivity contribution in [3.05, 3.63) is 16.1 Å². The Labute approximate surface area is 146 Å². The summed E-state index contributed by atoms with van der Waals surface area (Å²) in [6.45, 7) is 6.80. The lowest BCUT2D eigenvalue weighted by atomic mass is 10.4. The van der Waals surface area contributed by atoms with E-state index < -0.39 is 0 Å². The molecular weight excluding hydrogens is 403 g/mol. The summed E-state index contributed by atoms with van der Waals surface area (Å²) in [7, 11) is 1.69. The van der Waals surface area contributed by atoms with Gasteiger partial charge in [0.25, 0.3) is 0 Å². The number of aliphatic imine (C=N–C) groups is 1. The molecule has 1 aromatic heterocycles. The Bertz CT molecular complexity index is 463. The average Bonchev–Trinajstić information content (AvgIpc) is 2.78. The molecule has 6 nitrogen and oxygen atoms in total. The first-order valence-corrected chi connectivity index (χ1v) is 7.38. The van der Waals surface area contributed by atoms with E-state index in [2.05, 4.69) is 20.6 Å². The molecule has 0 saturated carbocycles. The summed E-state index contributed by atoms with van der Waals surface area (Å²) in [6.07, 6.45) is 2.09. The third-order valence-corrected chi connectivity index (χ3v) is 3.20. The molecule has 0 atom stereocenters. The largest absolute Gasteiger partial charge is 0.463 e. The number of aromatic nitrogens is 1. The molecule has 2 N–H and O–H groups in total. The van der Waals surface area contributed by atoms with Crippen LogP contribution in [0.5, 0.6) is 0 Å². The van der Waals surface area contributed by atoms with E-state index in [0.717, 1.165) is 5.01 Å². The number of aryl methyl sites for hydroxylation is 1. The number of esters is 1. The van der Waals surface area contributed by atoms with Crippen LogP contribution < -0.4 is 10.6 Å². The zero-order chi connectivity index (χ0) is 15.0. The second kappa shape index (κ2) is 10.8. The second-order valence-electron chi connectivity index (χ2n) is 4.51. The number of carbonyl (C=O) groups excluding carboxylic acids is 1. The molecule has 0 unspecified atom stereocenters. The Morgan fingerprint density at radius 1 is 1.48 bits per heavy atom. The van der Waals surface area contributed by atoms with E-state index in [1.54, 1.807) is 18.4 Å². The molecule has 0 spiro atoms. The lowest BCUT2D eigenvalue weighted by molar-refractivity contribution is -0.147. The van der Waals surface area contributed by atoms with Gasteiger partial charge in [-0.25, -0.2) is 4.98 Å². The fraction of sp³-hybridized carbons (Fsp3) is 0.615. The Kier molecular flexibility index (Phi) is 10.3. The highest BCUT2D eigenvalue weighted by Crippen LogP contribution is 2.10. The van der Waals surface area contributed by atoms with E-state index in [1.165, 1.54) is 4.88 Å². The molecule has 0 saturated heterocycles. The third kappa shape index (κ3) is 8.86. The highest BCUT2D eigenvalue weighted by molar-refractivity contribution is 14.0. The van der Waals surface area contributed by atoms with E-state index >= 15 is 0 Å². The highest BCUT2D eigenvalue weighted by Gasteiger charge is 2.06. The first-order valence-electron chi connectivity index (χ1n) is 6.56. The van der Waals surface area contributed by atoms with Gasteiger partial charge in [0.1, 0.15) is 5.01 Å². The van der Waals surface area contributed by atoms with Crippen molar-refractivity contribution in [1.29, 1.82) is 0 Å². The van der Waals surface area contributed by atoms with Gasteiger partial charge in [-0.05, 0) is 20.8 Å². The zero-order valence-corrected chi connectivity index (χ0v) is 16.0. The SMILES string of the molecule is CN=C(NCCC(=O)OC(C)C)NCc1ncc(C)s1.I. The van der Waals surface area contributed by atoms with Crippen LogP contribution in [0.4, 0.5) is 0 Å². The number of guanidine groups is 1. The first-order chi connectivity index (χ1) is 9.51. The molecule has 1 heterocycles.